The van der Waals surface area contributed by atoms with Gasteiger partial charge in [-0.15, -0.1) is 0 Å². The summed E-state index contributed by atoms with van der Waals surface area (Å²) in [6, 6.07) is -5.59. The predicted molar refractivity (Wildman–Crippen MR) is 220 cm³/mol. The molecular formula is C39H64N10O14. The Balaban J connectivity index is 1.31. The van der Waals surface area contributed by atoms with E-state index in [1.165, 1.54) is 0 Å². The molecule has 1 aliphatic carbocycles. The van der Waals surface area contributed by atoms with Gasteiger partial charge in [-0.3, -0.25) is 38.6 Å². The Labute approximate surface area is 364 Å². The van der Waals surface area contributed by atoms with Crippen LogP contribution in [0.1, 0.15) is 78.6 Å². The van der Waals surface area contributed by atoms with Crippen LogP contribution in [0.3, 0.4) is 0 Å². The molecule has 24 nitrogen and oxygen atoms in total. The number of aliphatic hydroxyl groups excluding tert-OH is 1. The van der Waals surface area contributed by atoms with Gasteiger partial charge in [0.05, 0.1) is 38.2 Å². The second kappa shape index (κ2) is 22.3. The highest BCUT2D eigenvalue weighted by Gasteiger charge is 2.72. The normalized spacial score (nSPS) is 27.3. The van der Waals surface area contributed by atoms with Crippen LogP contribution in [0.15, 0.2) is 4.99 Å². The Morgan fingerprint density at radius 3 is 2.17 bits per heavy atom. The molecule has 1 saturated carbocycles. The fraction of sp³-hybridized carbons (Fsp3) is 0.769. The molecule has 1 spiro atoms. The monoisotopic (exact) mass is 896 g/mol. The molecule has 0 radical (unpaired) electrons. The molecule has 4 fully saturated rings. The molecule has 10 atom stereocenters. The number of likely N-dealkylation sites (tertiary alicyclic amines) is 1. The summed E-state index contributed by atoms with van der Waals surface area (Å²) < 4.78 is 23.9. The quantitative estimate of drug-likeness (QED) is 0.0194. The topological polar surface area (TPSA) is 374 Å². The summed E-state index contributed by atoms with van der Waals surface area (Å²) >= 11 is 0. The minimum absolute atomic E-state index is 0.0172. The zero-order valence-corrected chi connectivity index (χ0v) is 36.2. The largest absolute Gasteiger partial charge is 0.481 e. The number of hydrogen-bond acceptors (Lipinski definition) is 14. The Morgan fingerprint density at radius 1 is 0.921 bits per heavy atom. The zero-order chi connectivity index (χ0) is 46.6. The van der Waals surface area contributed by atoms with E-state index in [2.05, 4.69) is 45.4 Å². The number of carbonyl (C=O) groups is 8. The molecular weight excluding hydrogens is 832 g/mol. The highest BCUT2D eigenvalue weighted by molar-refractivity contribution is 5.97. The molecule has 0 aromatic carbocycles. The number of aliphatic imine (C=N–C) groups is 1. The zero-order valence-electron chi connectivity index (χ0n) is 36.2. The number of aliphatic hydroxyl groups is 1. The fourth-order valence-corrected chi connectivity index (χ4v) is 8.53. The molecule has 4 aliphatic rings. The lowest BCUT2D eigenvalue weighted by Crippen LogP contribution is -2.58. The van der Waals surface area contributed by atoms with Crippen LogP contribution in [-0.4, -0.2) is 169 Å². The Morgan fingerprint density at radius 2 is 1.59 bits per heavy atom. The number of primary amides is 1. The SMILES string of the molecule is CO[C@@H]1[C@H](OC(=O)NCC(=O)N[C@@H](CCCN=C(N)N)C(=O)NCC(=O)N[C@@H](CC(=O)O)C(=O)N[C@@H](CO)C(=O)N2CCC[C@H]2C(N)=O)CC[C@]2(CO2)[C@H]1[C@]1(C)O[C@@H]1CCC(C)C. The van der Waals surface area contributed by atoms with Crippen LogP contribution in [0.25, 0.3) is 0 Å². The number of alkyl carbamates (subject to hydrolysis) is 1. The summed E-state index contributed by atoms with van der Waals surface area (Å²) in [7, 11) is 1.54. The van der Waals surface area contributed by atoms with Crippen molar-refractivity contribution in [3.8, 4) is 0 Å². The second-order valence-electron chi connectivity index (χ2n) is 17.0. The Bertz CT molecular complexity index is 1730. The molecule has 4 rings (SSSR count). The summed E-state index contributed by atoms with van der Waals surface area (Å²) in [5, 5.41) is 30.9. The second-order valence-corrected chi connectivity index (χ2v) is 17.0. The highest BCUT2D eigenvalue weighted by atomic mass is 16.6. The Hall–Kier alpha value is -5.33. The maximum Gasteiger partial charge on any atom is 0.407 e. The number of carbonyl (C=O) groups excluding carboxylic acids is 7. The van der Waals surface area contributed by atoms with Crippen LogP contribution in [0.4, 0.5) is 4.79 Å². The molecule has 7 amide bonds. The number of nitrogens with one attached hydrogen (secondary N) is 5. The van der Waals surface area contributed by atoms with Crippen LogP contribution < -0.4 is 43.8 Å². The van der Waals surface area contributed by atoms with Crippen molar-refractivity contribution >= 4 is 53.5 Å². The third-order valence-electron chi connectivity index (χ3n) is 11.9. The van der Waals surface area contributed by atoms with Gasteiger partial charge in [0.2, 0.25) is 35.4 Å². The summed E-state index contributed by atoms with van der Waals surface area (Å²) in [5.41, 5.74) is 15.2. The molecule has 0 aromatic rings. The van der Waals surface area contributed by atoms with Crippen molar-refractivity contribution < 1.29 is 67.5 Å². The highest BCUT2D eigenvalue weighted by Crippen LogP contribution is 2.59. The average Bonchev–Trinajstić information content (AvgIpc) is 4.07. The molecule has 354 valence electrons. The number of rotatable bonds is 24. The van der Waals surface area contributed by atoms with Gasteiger partial charge >= 0.3 is 12.1 Å². The summed E-state index contributed by atoms with van der Waals surface area (Å²) in [5.74, 6) is -6.82. The minimum atomic E-state index is -1.77. The number of nitrogens with two attached hydrogens (primary N) is 3. The first kappa shape index (κ1) is 50.3. The smallest absolute Gasteiger partial charge is 0.407 e. The van der Waals surface area contributed by atoms with E-state index in [-0.39, 0.29) is 50.3 Å². The lowest BCUT2D eigenvalue weighted by atomic mass is 9.68. The number of ether oxygens (including phenoxy) is 4. The van der Waals surface area contributed by atoms with E-state index in [0.29, 0.717) is 31.8 Å². The van der Waals surface area contributed by atoms with Gasteiger partial charge in [0.1, 0.15) is 54.1 Å². The van der Waals surface area contributed by atoms with Crippen molar-refractivity contribution in [2.45, 2.75) is 132 Å². The molecule has 63 heavy (non-hydrogen) atoms. The number of methoxy groups -OCH3 is 1. The first-order valence-electron chi connectivity index (χ1n) is 21.2. The predicted octanol–water partition coefficient (Wildman–Crippen LogP) is -3.56. The van der Waals surface area contributed by atoms with Gasteiger partial charge in [-0.2, -0.15) is 0 Å². The van der Waals surface area contributed by atoms with Crippen molar-refractivity contribution in [3.05, 3.63) is 0 Å². The fourth-order valence-electron chi connectivity index (χ4n) is 8.53. The molecule has 0 unspecified atom stereocenters. The van der Waals surface area contributed by atoms with E-state index in [1.54, 1.807) is 7.11 Å². The van der Waals surface area contributed by atoms with Gasteiger partial charge in [-0.05, 0) is 64.2 Å². The number of guanidine groups is 1. The minimum Gasteiger partial charge on any atom is -0.481 e. The van der Waals surface area contributed by atoms with Gasteiger partial charge < -0.3 is 77.8 Å². The number of aliphatic carboxylic acids is 1. The summed E-state index contributed by atoms with van der Waals surface area (Å²) in [6.07, 6.45) is 0.801. The third-order valence-corrected chi connectivity index (χ3v) is 11.9. The molecule has 0 aromatic heterocycles. The number of hydrogen-bond donors (Lipinski definition) is 10. The third kappa shape index (κ3) is 13.8. The maximum absolute atomic E-state index is 13.3. The van der Waals surface area contributed by atoms with E-state index in [1.807, 2.05) is 6.92 Å². The van der Waals surface area contributed by atoms with Crippen LogP contribution in [0.2, 0.25) is 0 Å². The number of carboxylic acid groups (broad SMARTS) is 1. The lowest BCUT2D eigenvalue weighted by Gasteiger charge is -2.42. The maximum atomic E-state index is 13.3. The van der Waals surface area contributed by atoms with Crippen molar-refractivity contribution in [1.82, 2.24) is 31.5 Å². The van der Waals surface area contributed by atoms with Gasteiger partial charge in [-0.1, -0.05) is 13.8 Å². The number of amides is 7. The van der Waals surface area contributed by atoms with E-state index in [4.69, 9.17) is 36.1 Å². The van der Waals surface area contributed by atoms with Crippen molar-refractivity contribution in [2.24, 2.45) is 34.0 Å². The van der Waals surface area contributed by atoms with E-state index >= 15 is 0 Å². The first-order chi connectivity index (χ1) is 29.7. The van der Waals surface area contributed by atoms with Gasteiger partial charge in [-0.25, -0.2) is 4.79 Å². The number of nitrogens with zero attached hydrogens (tertiary/aromatic N) is 2. The van der Waals surface area contributed by atoms with Gasteiger partial charge in [0.15, 0.2) is 5.96 Å². The molecule has 3 saturated heterocycles. The summed E-state index contributed by atoms with van der Waals surface area (Å²) in [4.78, 5) is 107. The molecule has 13 N–H and O–H groups in total. The number of carboxylic acids is 1. The molecule has 0 bridgehead atoms. The van der Waals surface area contributed by atoms with Crippen molar-refractivity contribution in [3.63, 3.8) is 0 Å². The van der Waals surface area contributed by atoms with E-state index in [0.717, 1.165) is 17.7 Å². The van der Waals surface area contributed by atoms with E-state index in [9.17, 15) is 48.6 Å². The average molecular weight is 897 g/mol. The lowest BCUT2D eigenvalue weighted by molar-refractivity contribution is -0.143. The molecule has 24 heteroatoms. The van der Waals surface area contributed by atoms with Gasteiger partial charge in [0.25, 0.3) is 0 Å². The van der Waals surface area contributed by atoms with E-state index < -0.39 is 121 Å². The van der Waals surface area contributed by atoms with Gasteiger partial charge in [0, 0.05) is 20.2 Å². The van der Waals surface area contributed by atoms with Crippen LogP contribution in [0.5, 0.6) is 0 Å². The first-order valence-corrected chi connectivity index (χ1v) is 21.2. The van der Waals surface area contributed by atoms with Crippen molar-refractivity contribution in [1.29, 1.82) is 0 Å². The number of epoxide rings is 2. The van der Waals surface area contributed by atoms with Crippen LogP contribution in [-0.2, 0) is 52.5 Å². The standard InChI is InChI=1S/C39H64N10O14/c1-20(2)9-10-26-38(3,63-26)31-30(60-4)25(11-12-39(31)19-61-39)62-37(59)45-17-28(52)46-21(7-5-13-43-36(41)42)33(56)44-16-27(51)47-22(15-29(53)54)34(57)48-23(18-50)35(58)49-14-6-8-24(49)32(40)55/h20-26,30-31,50H,5-19H2,1-4H3,(H2,40,55)(H,44,56)(H,45,59)(H,46,52)(H,47,51)(H,48,57)(H,53,54)(H4,41,42,43)/t21-,22-,23-,24-,25+,26+,30+,31+,38+,39-/m0/s1. The molecule has 3 heterocycles. The molecule has 3 aliphatic heterocycles. The summed E-state index contributed by atoms with van der Waals surface area (Å²) in [6.45, 7) is 4.80. The Kier molecular flexibility index (Phi) is 17.8. The van der Waals surface area contributed by atoms with Crippen molar-refractivity contribution in [2.75, 3.05) is 46.5 Å². The van der Waals surface area contributed by atoms with Crippen LogP contribution >= 0.6 is 0 Å². The van der Waals surface area contributed by atoms with Crippen LogP contribution in [0, 0.1) is 11.8 Å².